The van der Waals surface area contributed by atoms with E-state index in [1.54, 1.807) is 88.5 Å². The molecule has 13 amide bonds. The number of H-pyrrole nitrogens is 1. The molecule has 3 rings (SSSR count). The summed E-state index contributed by atoms with van der Waals surface area (Å²) < 4.78 is 0. The number of rotatable bonds is 46. The Morgan fingerprint density at radius 2 is 0.939 bits per heavy atom. The molecular weight excluding hydrogens is 1270 g/mol. The molecule has 0 fully saturated rings. The number of carboxylic acid groups (broad SMARTS) is 1. The number of aromatic amines is 1. The summed E-state index contributed by atoms with van der Waals surface area (Å²) in [5, 5.41) is 56.2. The van der Waals surface area contributed by atoms with Gasteiger partial charge in [0.1, 0.15) is 54.4 Å². The lowest BCUT2D eigenvalue weighted by Crippen LogP contribution is -2.62. The van der Waals surface area contributed by atoms with E-state index in [2.05, 4.69) is 72.0 Å². The van der Waals surface area contributed by atoms with Gasteiger partial charge in [-0.15, -0.1) is 0 Å². The second kappa shape index (κ2) is 42.2. The molecule has 0 aliphatic rings. The third-order valence-corrected chi connectivity index (χ3v) is 16.1. The van der Waals surface area contributed by atoms with Crippen molar-refractivity contribution in [1.82, 2.24) is 58.2 Å². The summed E-state index contributed by atoms with van der Waals surface area (Å²) in [5.41, 5.74) is 24.0. The van der Waals surface area contributed by atoms with E-state index in [0.717, 1.165) is 31.7 Å². The minimum atomic E-state index is -1.95. The number of aromatic nitrogens is 1. The third-order valence-electron chi connectivity index (χ3n) is 16.1. The van der Waals surface area contributed by atoms with Crippen LogP contribution in [0, 0.1) is 17.8 Å². The van der Waals surface area contributed by atoms with Crippen LogP contribution < -0.4 is 76.1 Å². The Morgan fingerprint density at radius 3 is 1.49 bits per heavy atom. The Hall–Kier alpha value is -9.56. The highest BCUT2D eigenvalue weighted by molar-refractivity contribution is 6.01. The fraction of sp³-hybridized carbons (Fsp3) is 0.576. The summed E-state index contributed by atoms with van der Waals surface area (Å²) in [7, 11) is 0. The number of aliphatic hydroxyl groups excluding tert-OH is 2. The SMILES string of the molecule is CC[C@H](C)[C@H](NC(=O)[C@H](Cc1c[nH]c2ccccc12)NC(=O)CNC(=O)[C@@H](NC(=O)[C@@H](CCCCN)NC(=O)[C@H](CC(N)=O)NC(=O)[C@H](CC(N)=O)NC(=O)[C@@H](Cc1ccccc1)NC(=O)[C@@H](NC(=O)[C@H](CC(N)=O)NC(=O)C[C@H](O)CCCCCC(C)C)C(C)C)[C@H](C)O)C(=O)O. The summed E-state index contributed by atoms with van der Waals surface area (Å²) >= 11 is 0. The predicted octanol–water partition coefficient (Wildman–Crippen LogP) is -2.29. The average molecular weight is 1380 g/mol. The molecule has 98 heavy (non-hydrogen) atoms. The number of amides is 13. The van der Waals surface area contributed by atoms with Crippen LogP contribution >= 0.6 is 0 Å². The van der Waals surface area contributed by atoms with Crippen molar-refractivity contribution in [3.63, 3.8) is 0 Å². The lowest BCUT2D eigenvalue weighted by atomic mass is 9.98. The Labute approximate surface area is 569 Å². The van der Waals surface area contributed by atoms with Crippen LogP contribution in [0.25, 0.3) is 10.9 Å². The smallest absolute Gasteiger partial charge is 0.326 e. The van der Waals surface area contributed by atoms with Gasteiger partial charge in [-0.05, 0) is 74.1 Å². The highest BCUT2D eigenvalue weighted by Gasteiger charge is 2.38. The first-order valence-electron chi connectivity index (χ1n) is 33.0. The number of unbranched alkanes of at least 4 members (excludes halogenated alkanes) is 3. The molecule has 0 aliphatic heterocycles. The van der Waals surface area contributed by atoms with E-state index in [-0.39, 0.29) is 32.2 Å². The standard InChI is InChI=1S/C66H101N15O17/c1-8-37(6)56(66(97)98)80-62(93)46(28-40-33-71-43-24-16-15-23-42(40)43)74-54(88)34-72-64(95)57(38(7)82)81-58(89)44(25-17-18-26-67)75-60(91)48(31-51(69)85)77-61(92)49(32-52(70)86)76-59(90)45(27-39-20-12-10-13-21-39)78-65(96)55(36(4)5)79-63(94)47(30-50(68)84)73-53(87)29-41(83)22-14-9-11-19-35(2)3/h10,12-13,15-16,20-21,23-24,33,35-38,41,44-49,55-57,71,82-83H,8-9,11,14,17-19,22,25-32,34,67H2,1-7H3,(H2,68,84)(H2,69,85)(H2,70,86)(H,72,95)(H,73,87)(H,74,88)(H,75,91)(H,76,90)(H,77,92)(H,78,96)(H,79,94)(H,80,93)(H,81,89)(H,97,98)/t37-,38-,41+,44+,45+,46-,47-,48-,49-,55-,56-,57-/m0/s1. The summed E-state index contributed by atoms with van der Waals surface area (Å²) in [5.74, 6) is -15.7. The number of carboxylic acids is 1. The van der Waals surface area contributed by atoms with Gasteiger partial charge in [0.2, 0.25) is 76.8 Å². The van der Waals surface area contributed by atoms with Crippen LogP contribution in [0.15, 0.2) is 60.8 Å². The maximum absolute atomic E-state index is 14.4. The second-order valence-corrected chi connectivity index (χ2v) is 25.3. The van der Waals surface area contributed by atoms with Crippen LogP contribution in [0.1, 0.15) is 143 Å². The van der Waals surface area contributed by atoms with Crippen LogP contribution in [-0.2, 0) is 80.0 Å². The highest BCUT2D eigenvalue weighted by Crippen LogP contribution is 2.20. The van der Waals surface area contributed by atoms with Gasteiger partial charge in [-0.2, -0.15) is 0 Å². The van der Waals surface area contributed by atoms with Crippen LogP contribution in [0.2, 0.25) is 0 Å². The van der Waals surface area contributed by atoms with E-state index in [1.165, 1.54) is 0 Å². The lowest BCUT2D eigenvalue weighted by molar-refractivity contribution is -0.143. The first kappa shape index (κ1) is 82.7. The third kappa shape index (κ3) is 29.4. The van der Waals surface area contributed by atoms with Crippen LogP contribution in [0.3, 0.4) is 0 Å². The number of carbonyl (C=O) groups excluding carboxylic acids is 13. The van der Waals surface area contributed by atoms with Crippen molar-refractivity contribution in [2.24, 2.45) is 40.7 Å². The van der Waals surface area contributed by atoms with Crippen molar-refractivity contribution in [3.8, 4) is 0 Å². The second-order valence-electron chi connectivity index (χ2n) is 25.3. The number of hydrogen-bond donors (Lipinski definition) is 18. The number of carbonyl (C=O) groups is 14. The first-order valence-corrected chi connectivity index (χ1v) is 33.0. The first-order chi connectivity index (χ1) is 46.2. The summed E-state index contributed by atoms with van der Waals surface area (Å²) in [6.45, 7) is 11.1. The van der Waals surface area contributed by atoms with Crippen molar-refractivity contribution in [3.05, 3.63) is 71.9 Å². The van der Waals surface area contributed by atoms with E-state index < -0.39 is 193 Å². The molecule has 542 valence electrons. The maximum atomic E-state index is 14.4. The van der Waals surface area contributed by atoms with Gasteiger partial charge in [0, 0.05) is 29.9 Å². The van der Waals surface area contributed by atoms with Crippen molar-refractivity contribution < 1.29 is 82.4 Å². The molecule has 32 nitrogen and oxygen atoms in total. The van der Waals surface area contributed by atoms with Gasteiger partial charge in [0.15, 0.2) is 0 Å². The van der Waals surface area contributed by atoms with Crippen molar-refractivity contribution >= 4 is 93.7 Å². The van der Waals surface area contributed by atoms with E-state index in [0.29, 0.717) is 48.1 Å². The highest BCUT2D eigenvalue weighted by atomic mass is 16.4. The normalized spacial score (nSPS) is 14.9. The molecule has 0 spiro atoms. The molecule has 0 saturated carbocycles. The molecule has 22 N–H and O–H groups in total. The van der Waals surface area contributed by atoms with E-state index in [4.69, 9.17) is 22.9 Å². The zero-order valence-corrected chi connectivity index (χ0v) is 56.7. The number of nitrogens with one attached hydrogen (secondary N) is 11. The number of fused-ring (bicyclic) bond motifs is 1. The fourth-order valence-electron chi connectivity index (χ4n) is 10.4. The molecule has 2 aromatic carbocycles. The summed E-state index contributed by atoms with van der Waals surface area (Å²) in [4.78, 5) is 192. The fourth-order valence-corrected chi connectivity index (χ4v) is 10.4. The van der Waals surface area contributed by atoms with Gasteiger partial charge in [-0.25, -0.2) is 4.79 Å². The minimum Gasteiger partial charge on any atom is -0.480 e. The van der Waals surface area contributed by atoms with Crippen LogP contribution in [0.4, 0.5) is 0 Å². The van der Waals surface area contributed by atoms with E-state index >= 15 is 0 Å². The Balaban J connectivity index is 1.84. The summed E-state index contributed by atoms with van der Waals surface area (Å²) in [6, 6.07) is 0.552. The predicted molar refractivity (Wildman–Crippen MR) is 359 cm³/mol. The quantitative estimate of drug-likeness (QED) is 0.0265. The molecule has 12 atom stereocenters. The van der Waals surface area contributed by atoms with Crippen molar-refractivity contribution in [2.75, 3.05) is 13.1 Å². The molecule has 0 aliphatic carbocycles. The largest absolute Gasteiger partial charge is 0.480 e. The van der Waals surface area contributed by atoms with E-state index in [1.807, 2.05) is 0 Å². The molecule has 0 radical (unpaired) electrons. The van der Waals surface area contributed by atoms with Gasteiger partial charge >= 0.3 is 5.97 Å². The Bertz CT molecular complexity index is 3200. The molecular formula is C66H101N15O17. The zero-order chi connectivity index (χ0) is 73.3. The Kier molecular flexibility index (Phi) is 35.6. The lowest BCUT2D eigenvalue weighted by Gasteiger charge is -2.28. The van der Waals surface area contributed by atoms with Crippen LogP contribution in [0.5, 0.6) is 0 Å². The number of nitrogens with two attached hydrogens (primary N) is 4. The van der Waals surface area contributed by atoms with Gasteiger partial charge in [0.05, 0.1) is 44.4 Å². The number of benzene rings is 2. The zero-order valence-electron chi connectivity index (χ0n) is 56.7. The minimum absolute atomic E-state index is 0.120. The van der Waals surface area contributed by atoms with Gasteiger partial charge < -0.3 is 96.4 Å². The van der Waals surface area contributed by atoms with Gasteiger partial charge in [-0.3, -0.25) is 62.3 Å². The van der Waals surface area contributed by atoms with E-state index in [9.17, 15) is 82.4 Å². The number of aliphatic hydroxyl groups is 2. The molecule has 0 saturated heterocycles. The number of hydrogen-bond acceptors (Lipinski definition) is 17. The number of aliphatic carboxylic acids is 1. The molecule has 1 heterocycles. The molecule has 0 unspecified atom stereocenters. The summed E-state index contributed by atoms with van der Waals surface area (Å²) in [6.07, 6.45) is -0.0976. The van der Waals surface area contributed by atoms with Gasteiger partial charge in [-0.1, -0.05) is 122 Å². The van der Waals surface area contributed by atoms with Gasteiger partial charge in [0.25, 0.3) is 0 Å². The molecule has 3 aromatic rings. The monoisotopic (exact) mass is 1380 g/mol. The van der Waals surface area contributed by atoms with Crippen LogP contribution in [-0.4, -0.2) is 183 Å². The van der Waals surface area contributed by atoms with Crippen molar-refractivity contribution in [1.29, 1.82) is 0 Å². The number of primary amides is 3. The average Bonchev–Trinajstić information content (AvgIpc) is 1.61. The molecule has 0 bridgehead atoms. The number of para-hydroxylation sites is 1. The molecule has 32 heteroatoms. The van der Waals surface area contributed by atoms with Crippen molar-refractivity contribution in [2.45, 2.75) is 211 Å². The maximum Gasteiger partial charge on any atom is 0.326 e. The molecule has 1 aromatic heterocycles. The topological polar surface area (TPSA) is 540 Å². The Morgan fingerprint density at radius 1 is 0.469 bits per heavy atom.